The summed E-state index contributed by atoms with van der Waals surface area (Å²) in [6.45, 7) is 0.892. The minimum Gasteiger partial charge on any atom is -0.394 e. The molecule has 4 N–H and O–H groups in total. The predicted molar refractivity (Wildman–Crippen MR) is 70.1 cm³/mol. The molecule has 0 aliphatic rings. The summed E-state index contributed by atoms with van der Waals surface area (Å²) in [7, 11) is 1.32. The molecule has 0 radical (unpaired) electrons. The second kappa shape index (κ2) is 5.33. The molecule has 1 unspecified atom stereocenters. The van der Waals surface area contributed by atoms with Crippen molar-refractivity contribution >= 4 is 11.0 Å². The van der Waals surface area contributed by atoms with Crippen molar-refractivity contribution in [1.29, 1.82) is 0 Å². The van der Waals surface area contributed by atoms with Gasteiger partial charge in [0.15, 0.2) is 5.72 Å². The van der Waals surface area contributed by atoms with E-state index in [-0.39, 0.29) is 16.6 Å². The summed E-state index contributed by atoms with van der Waals surface area (Å²) in [6, 6.07) is 1.49. The maximum atomic E-state index is 11.6. The average Bonchev–Trinajstić information content (AvgIpc) is 2.86. The van der Waals surface area contributed by atoms with Gasteiger partial charge >= 0.3 is 0 Å². The van der Waals surface area contributed by atoms with Gasteiger partial charge in [0.2, 0.25) is 0 Å². The van der Waals surface area contributed by atoms with Gasteiger partial charge in [-0.25, -0.2) is 4.98 Å². The van der Waals surface area contributed by atoms with Crippen molar-refractivity contribution in [2.24, 2.45) is 0 Å². The fourth-order valence-corrected chi connectivity index (χ4v) is 2.13. The first-order valence-electron chi connectivity index (χ1n) is 6.02. The molecule has 0 saturated carbocycles. The third-order valence-corrected chi connectivity index (χ3v) is 3.37. The third kappa shape index (κ3) is 2.22. The Balaban J connectivity index is 2.51. The number of hydrogen-bond acceptors (Lipinski definition) is 6. The van der Waals surface area contributed by atoms with Gasteiger partial charge in [0.05, 0.1) is 18.3 Å². The highest BCUT2D eigenvalue weighted by molar-refractivity contribution is 5.74. The number of aromatic amines is 1. The Bertz CT molecular complexity index is 644. The van der Waals surface area contributed by atoms with Crippen LogP contribution in [-0.2, 0) is 10.5 Å². The number of aromatic nitrogens is 3. The number of hydrogen-bond donors (Lipinski definition) is 4. The average molecular weight is 283 g/mol. The van der Waals surface area contributed by atoms with E-state index in [9.17, 15) is 15.0 Å². The lowest BCUT2D eigenvalue weighted by molar-refractivity contribution is -0.174. The van der Waals surface area contributed by atoms with Crippen LogP contribution >= 0.6 is 0 Å². The summed E-state index contributed by atoms with van der Waals surface area (Å²) in [5.74, 6) is 0. The van der Waals surface area contributed by atoms with E-state index in [2.05, 4.69) is 9.97 Å². The second-order valence-corrected chi connectivity index (χ2v) is 4.65. The zero-order valence-corrected chi connectivity index (χ0v) is 11.1. The van der Waals surface area contributed by atoms with Gasteiger partial charge in [0.1, 0.15) is 17.9 Å². The molecule has 0 aromatic carbocycles. The molecule has 110 valence electrons. The number of aliphatic hydroxyl groups excluding tert-OH is 2. The van der Waals surface area contributed by atoms with Gasteiger partial charge < -0.3 is 29.6 Å². The molecule has 8 nitrogen and oxygen atoms in total. The zero-order chi connectivity index (χ0) is 14.9. The summed E-state index contributed by atoms with van der Waals surface area (Å²) in [5.41, 5.74) is -1.92. The molecule has 0 aliphatic heterocycles. The molecule has 0 bridgehead atoms. The number of nitrogens with zero attached hydrogens (tertiary/aromatic N) is 2. The number of H-pyrrole nitrogens is 1. The second-order valence-electron chi connectivity index (χ2n) is 4.65. The van der Waals surface area contributed by atoms with Crippen molar-refractivity contribution in [2.75, 3.05) is 13.7 Å². The van der Waals surface area contributed by atoms with Gasteiger partial charge in [-0.15, -0.1) is 0 Å². The summed E-state index contributed by atoms with van der Waals surface area (Å²) in [4.78, 5) is 18.0. The number of ether oxygens (including phenoxy) is 1. The SMILES string of the molecule is CO[C@H](CO)[C@@H](O)C(C)(O)n1ccc2c(=O)[nH]cnc21. The Hall–Kier alpha value is -1.74. The van der Waals surface area contributed by atoms with Crippen LogP contribution in [-0.4, -0.2) is 55.8 Å². The molecule has 20 heavy (non-hydrogen) atoms. The Morgan fingerprint density at radius 3 is 2.90 bits per heavy atom. The van der Waals surface area contributed by atoms with Gasteiger partial charge in [-0.2, -0.15) is 0 Å². The van der Waals surface area contributed by atoms with Crippen LogP contribution < -0.4 is 5.56 Å². The summed E-state index contributed by atoms with van der Waals surface area (Å²) < 4.78 is 6.19. The van der Waals surface area contributed by atoms with E-state index >= 15 is 0 Å². The number of rotatable bonds is 5. The van der Waals surface area contributed by atoms with Crippen LogP contribution in [0.4, 0.5) is 0 Å². The lowest BCUT2D eigenvalue weighted by Crippen LogP contribution is -2.50. The van der Waals surface area contributed by atoms with Crippen LogP contribution in [0.15, 0.2) is 23.4 Å². The lowest BCUT2D eigenvalue weighted by Gasteiger charge is -2.34. The van der Waals surface area contributed by atoms with Crippen molar-refractivity contribution in [2.45, 2.75) is 24.9 Å². The number of fused-ring (bicyclic) bond motifs is 1. The highest BCUT2D eigenvalue weighted by atomic mass is 16.5. The van der Waals surface area contributed by atoms with Crippen LogP contribution in [0.3, 0.4) is 0 Å². The smallest absolute Gasteiger partial charge is 0.260 e. The standard InChI is InChI=1S/C12H17N3O5/c1-12(19,9(17)8(5-16)20-2)15-4-3-7-10(15)13-6-14-11(7)18/h3-4,6,8-9,16-17,19H,5H2,1-2H3,(H,13,14,18)/t8-,9-,12?/m1/s1. The molecule has 0 spiro atoms. The van der Waals surface area contributed by atoms with Gasteiger partial charge in [-0.05, 0) is 13.0 Å². The quantitative estimate of drug-likeness (QED) is 0.544. The van der Waals surface area contributed by atoms with Crippen LogP contribution in [0, 0.1) is 0 Å². The topological polar surface area (TPSA) is 121 Å². The molecular formula is C12H17N3O5. The van der Waals surface area contributed by atoms with Crippen LogP contribution in [0.1, 0.15) is 6.92 Å². The maximum absolute atomic E-state index is 11.6. The molecular weight excluding hydrogens is 266 g/mol. The van der Waals surface area contributed by atoms with E-state index in [0.717, 1.165) is 0 Å². The van der Waals surface area contributed by atoms with Gasteiger partial charge in [-0.1, -0.05) is 0 Å². The van der Waals surface area contributed by atoms with Gasteiger partial charge in [0, 0.05) is 13.3 Å². The summed E-state index contributed by atoms with van der Waals surface area (Å²) in [6.07, 6.45) is 0.280. The molecule has 0 fully saturated rings. The number of aliphatic hydroxyl groups is 3. The molecule has 2 aromatic heterocycles. The predicted octanol–water partition coefficient (Wildman–Crippen LogP) is -1.24. The van der Waals surface area contributed by atoms with E-state index in [1.807, 2.05) is 0 Å². The number of methoxy groups -OCH3 is 1. The molecule has 8 heteroatoms. The first-order valence-corrected chi connectivity index (χ1v) is 6.02. The van der Waals surface area contributed by atoms with E-state index in [1.165, 1.54) is 37.2 Å². The van der Waals surface area contributed by atoms with Crippen molar-refractivity contribution in [3.63, 3.8) is 0 Å². The first kappa shape index (κ1) is 14.7. The third-order valence-electron chi connectivity index (χ3n) is 3.37. The molecule has 0 saturated heterocycles. The van der Waals surface area contributed by atoms with E-state index in [1.54, 1.807) is 0 Å². The van der Waals surface area contributed by atoms with Gasteiger partial charge in [-0.3, -0.25) is 4.79 Å². The first-order chi connectivity index (χ1) is 9.43. The van der Waals surface area contributed by atoms with Crippen LogP contribution in [0.2, 0.25) is 0 Å². The molecule has 2 rings (SSSR count). The minimum absolute atomic E-state index is 0.227. The van der Waals surface area contributed by atoms with Crippen LogP contribution in [0.25, 0.3) is 11.0 Å². The molecule has 2 aromatic rings. The molecule has 0 aliphatic carbocycles. The summed E-state index contributed by atoms with van der Waals surface area (Å²) >= 11 is 0. The minimum atomic E-state index is -1.80. The van der Waals surface area contributed by atoms with Crippen molar-refractivity contribution in [1.82, 2.24) is 14.5 Å². The van der Waals surface area contributed by atoms with Crippen molar-refractivity contribution in [3.05, 3.63) is 28.9 Å². The number of nitrogens with one attached hydrogen (secondary N) is 1. The highest BCUT2D eigenvalue weighted by Gasteiger charge is 2.39. The lowest BCUT2D eigenvalue weighted by atomic mass is 10.0. The highest BCUT2D eigenvalue weighted by Crippen LogP contribution is 2.25. The van der Waals surface area contributed by atoms with E-state index in [4.69, 9.17) is 9.84 Å². The molecule has 3 atom stereocenters. The fourth-order valence-electron chi connectivity index (χ4n) is 2.13. The van der Waals surface area contributed by atoms with E-state index in [0.29, 0.717) is 0 Å². The fraction of sp³-hybridized carbons (Fsp3) is 0.500. The summed E-state index contributed by atoms with van der Waals surface area (Å²) in [5, 5.41) is 30.1. The molecule has 2 heterocycles. The van der Waals surface area contributed by atoms with E-state index < -0.39 is 24.5 Å². The maximum Gasteiger partial charge on any atom is 0.260 e. The monoisotopic (exact) mass is 283 g/mol. The van der Waals surface area contributed by atoms with Crippen molar-refractivity contribution < 1.29 is 20.1 Å². The Morgan fingerprint density at radius 1 is 1.60 bits per heavy atom. The Morgan fingerprint density at radius 2 is 2.30 bits per heavy atom. The van der Waals surface area contributed by atoms with Crippen LogP contribution in [0.5, 0.6) is 0 Å². The Labute approximate surface area is 114 Å². The van der Waals surface area contributed by atoms with Crippen molar-refractivity contribution in [3.8, 4) is 0 Å². The molecule has 0 amide bonds. The Kier molecular flexibility index (Phi) is 3.91. The largest absolute Gasteiger partial charge is 0.394 e. The normalized spacial score (nSPS) is 17.9. The van der Waals surface area contributed by atoms with Gasteiger partial charge in [0.25, 0.3) is 5.56 Å². The zero-order valence-electron chi connectivity index (χ0n) is 11.1.